The lowest BCUT2D eigenvalue weighted by Gasteiger charge is -2.27. The summed E-state index contributed by atoms with van der Waals surface area (Å²) >= 11 is 0. The van der Waals surface area contributed by atoms with Crippen LogP contribution in [0.15, 0.2) is 4.99 Å². The van der Waals surface area contributed by atoms with Gasteiger partial charge in [0.15, 0.2) is 11.8 Å². The van der Waals surface area contributed by atoms with E-state index in [0.717, 1.165) is 96.1 Å². The summed E-state index contributed by atoms with van der Waals surface area (Å²) in [6.45, 7) is 12.2. The number of morpholine rings is 1. The van der Waals surface area contributed by atoms with Crippen molar-refractivity contribution in [2.24, 2.45) is 17.5 Å². The van der Waals surface area contributed by atoms with E-state index in [1.807, 2.05) is 18.5 Å². The van der Waals surface area contributed by atoms with Crippen LogP contribution in [0.3, 0.4) is 0 Å². The molecule has 4 heterocycles. The van der Waals surface area contributed by atoms with Gasteiger partial charge in [0.05, 0.1) is 19.8 Å². The lowest BCUT2D eigenvalue weighted by molar-refractivity contribution is 0.0375. The molecule has 4 rings (SSSR count). The maximum Gasteiger partial charge on any atom is 0.194 e. The van der Waals surface area contributed by atoms with E-state index in [-0.39, 0.29) is 0 Å². The number of nitrogens with one attached hydrogen (secondary N) is 1. The van der Waals surface area contributed by atoms with Gasteiger partial charge in [-0.1, -0.05) is 0 Å². The highest BCUT2D eigenvalue weighted by Crippen LogP contribution is 2.38. The van der Waals surface area contributed by atoms with Crippen LogP contribution in [0.5, 0.6) is 0 Å². The molecule has 0 aromatic carbocycles. The minimum absolute atomic E-state index is 0.317. The summed E-state index contributed by atoms with van der Waals surface area (Å²) in [5.41, 5.74) is 0.317. The minimum Gasteiger partial charge on any atom is -0.381 e. The van der Waals surface area contributed by atoms with Crippen LogP contribution < -0.4 is 5.32 Å². The van der Waals surface area contributed by atoms with Crippen LogP contribution in [0.1, 0.15) is 30.9 Å². The highest BCUT2D eigenvalue weighted by Gasteiger charge is 2.42. The van der Waals surface area contributed by atoms with Gasteiger partial charge in [0.2, 0.25) is 0 Å². The van der Waals surface area contributed by atoms with E-state index < -0.39 is 0 Å². The molecule has 1 spiro atoms. The van der Waals surface area contributed by atoms with Crippen molar-refractivity contribution in [3.05, 3.63) is 11.6 Å². The molecule has 3 fully saturated rings. The molecular formula is C20H35N7O2. The Kier molecular flexibility index (Phi) is 6.67. The van der Waals surface area contributed by atoms with Crippen molar-refractivity contribution in [3.8, 4) is 0 Å². The van der Waals surface area contributed by atoms with E-state index in [9.17, 15) is 0 Å². The first kappa shape index (κ1) is 20.6. The molecule has 0 bridgehead atoms. The van der Waals surface area contributed by atoms with Crippen LogP contribution in [0.2, 0.25) is 0 Å². The second-order valence-electron chi connectivity index (χ2n) is 8.57. The zero-order valence-corrected chi connectivity index (χ0v) is 17.9. The average molecular weight is 406 g/mol. The Balaban J connectivity index is 1.35. The van der Waals surface area contributed by atoms with Crippen LogP contribution >= 0.6 is 0 Å². The van der Waals surface area contributed by atoms with Crippen molar-refractivity contribution in [1.82, 2.24) is 29.9 Å². The van der Waals surface area contributed by atoms with Gasteiger partial charge in [0, 0.05) is 51.8 Å². The number of aliphatic imine (C=N–C) groups is 1. The second-order valence-corrected chi connectivity index (χ2v) is 8.57. The summed E-state index contributed by atoms with van der Waals surface area (Å²) in [6.07, 6.45) is 3.45. The summed E-state index contributed by atoms with van der Waals surface area (Å²) < 4.78 is 13.1. The molecule has 1 aromatic rings. The molecule has 1 aromatic heterocycles. The van der Waals surface area contributed by atoms with Gasteiger partial charge >= 0.3 is 0 Å². The first-order valence-electron chi connectivity index (χ1n) is 10.9. The smallest absolute Gasteiger partial charge is 0.194 e. The molecule has 0 amide bonds. The molecule has 3 aliphatic heterocycles. The number of nitrogens with zero attached hydrogens (tertiary/aromatic N) is 6. The number of ether oxygens (including phenoxy) is 2. The summed E-state index contributed by atoms with van der Waals surface area (Å²) in [6, 6.07) is 0. The number of hydrogen-bond acceptors (Lipinski definition) is 6. The standard InChI is InChI=1S/C20H35N7O2/c1-17-23-24-18(25(17)2)14-22-19(21-6-3-7-26-9-12-28-13-10-26)27-8-4-20(15-27)5-11-29-16-20/h3-16H2,1-2H3,(H,21,22). The van der Waals surface area contributed by atoms with Gasteiger partial charge in [-0.3, -0.25) is 4.90 Å². The highest BCUT2D eigenvalue weighted by molar-refractivity contribution is 5.80. The van der Waals surface area contributed by atoms with E-state index in [4.69, 9.17) is 14.5 Å². The predicted molar refractivity (Wildman–Crippen MR) is 111 cm³/mol. The summed E-state index contributed by atoms with van der Waals surface area (Å²) in [5, 5.41) is 12.0. The molecule has 1 unspecified atom stereocenters. The topological polar surface area (TPSA) is 80.0 Å². The molecule has 9 nitrogen and oxygen atoms in total. The third-order valence-corrected chi connectivity index (χ3v) is 6.51. The minimum atomic E-state index is 0.317. The number of rotatable bonds is 6. The third kappa shape index (κ3) is 5.07. The van der Waals surface area contributed by atoms with Crippen molar-refractivity contribution >= 4 is 5.96 Å². The molecule has 0 saturated carbocycles. The van der Waals surface area contributed by atoms with Gasteiger partial charge in [-0.15, -0.1) is 10.2 Å². The van der Waals surface area contributed by atoms with Crippen LogP contribution in [0, 0.1) is 12.3 Å². The Morgan fingerprint density at radius 1 is 1.14 bits per heavy atom. The van der Waals surface area contributed by atoms with E-state index in [0.29, 0.717) is 12.0 Å². The molecule has 0 aliphatic carbocycles. The summed E-state index contributed by atoms with van der Waals surface area (Å²) in [7, 11) is 2.00. The summed E-state index contributed by atoms with van der Waals surface area (Å²) in [5.74, 6) is 2.81. The number of aromatic nitrogens is 3. The Labute approximate surface area is 173 Å². The fraction of sp³-hybridized carbons (Fsp3) is 0.850. The average Bonchev–Trinajstić information content (AvgIpc) is 3.46. The maximum atomic E-state index is 5.70. The van der Waals surface area contributed by atoms with E-state index in [1.165, 1.54) is 6.42 Å². The van der Waals surface area contributed by atoms with Crippen molar-refractivity contribution < 1.29 is 9.47 Å². The number of guanidine groups is 1. The monoisotopic (exact) mass is 405 g/mol. The van der Waals surface area contributed by atoms with Crippen molar-refractivity contribution in [3.63, 3.8) is 0 Å². The quantitative estimate of drug-likeness (QED) is 0.417. The lowest BCUT2D eigenvalue weighted by atomic mass is 9.87. The highest BCUT2D eigenvalue weighted by atomic mass is 16.5. The molecule has 3 saturated heterocycles. The Morgan fingerprint density at radius 2 is 2.00 bits per heavy atom. The van der Waals surface area contributed by atoms with Gasteiger partial charge in [-0.2, -0.15) is 0 Å². The zero-order chi connectivity index (χ0) is 20.1. The fourth-order valence-corrected chi connectivity index (χ4v) is 4.42. The second kappa shape index (κ2) is 9.40. The van der Waals surface area contributed by atoms with Crippen LogP contribution in [-0.2, 0) is 23.1 Å². The van der Waals surface area contributed by atoms with Crippen molar-refractivity contribution in [1.29, 1.82) is 0 Å². The van der Waals surface area contributed by atoms with Crippen molar-refractivity contribution in [2.45, 2.75) is 32.7 Å². The first-order valence-corrected chi connectivity index (χ1v) is 10.9. The van der Waals surface area contributed by atoms with Crippen molar-refractivity contribution in [2.75, 3.05) is 65.7 Å². The molecule has 0 radical (unpaired) electrons. The maximum absolute atomic E-state index is 5.70. The van der Waals surface area contributed by atoms with Crippen LogP contribution in [0.25, 0.3) is 0 Å². The predicted octanol–water partition coefficient (Wildman–Crippen LogP) is 0.404. The van der Waals surface area contributed by atoms with Crippen LogP contribution in [-0.4, -0.2) is 96.2 Å². The van der Waals surface area contributed by atoms with Gasteiger partial charge in [-0.05, 0) is 32.7 Å². The van der Waals surface area contributed by atoms with Crippen LogP contribution in [0.4, 0.5) is 0 Å². The lowest BCUT2D eigenvalue weighted by Crippen LogP contribution is -2.43. The van der Waals surface area contributed by atoms with Gasteiger partial charge in [-0.25, -0.2) is 4.99 Å². The molecule has 1 atom stereocenters. The SMILES string of the molecule is Cc1nnc(CN=C(NCCCN2CCOCC2)N2CCC3(CCOC3)C2)n1C. The van der Waals surface area contributed by atoms with Gasteiger partial charge < -0.3 is 24.3 Å². The van der Waals surface area contributed by atoms with Gasteiger partial charge in [0.25, 0.3) is 0 Å². The molecule has 162 valence electrons. The number of likely N-dealkylation sites (tertiary alicyclic amines) is 1. The molecule has 29 heavy (non-hydrogen) atoms. The molecule has 3 aliphatic rings. The molecular weight excluding hydrogens is 370 g/mol. The van der Waals surface area contributed by atoms with E-state index in [2.05, 4.69) is 25.3 Å². The fourth-order valence-electron chi connectivity index (χ4n) is 4.42. The number of aryl methyl sites for hydroxylation is 1. The molecule has 1 N–H and O–H groups in total. The largest absolute Gasteiger partial charge is 0.381 e. The molecule has 9 heteroatoms. The first-order chi connectivity index (χ1) is 14.2. The number of hydrogen-bond donors (Lipinski definition) is 1. The van der Waals surface area contributed by atoms with E-state index >= 15 is 0 Å². The van der Waals surface area contributed by atoms with Gasteiger partial charge in [0.1, 0.15) is 12.4 Å². The Hall–Kier alpha value is -1.71. The Morgan fingerprint density at radius 3 is 2.72 bits per heavy atom. The van der Waals surface area contributed by atoms with E-state index in [1.54, 1.807) is 0 Å². The summed E-state index contributed by atoms with van der Waals surface area (Å²) in [4.78, 5) is 9.81. The normalized spacial score (nSPS) is 26.0. The third-order valence-electron chi connectivity index (χ3n) is 6.51. The Bertz CT molecular complexity index is 693. The zero-order valence-electron chi connectivity index (χ0n) is 17.9.